The number of ketones is 1. The summed E-state index contributed by atoms with van der Waals surface area (Å²) in [5.74, 6) is -2.33. The lowest BCUT2D eigenvalue weighted by Gasteiger charge is -2.32. The third-order valence-electron chi connectivity index (χ3n) is 5.04. The minimum atomic E-state index is -1.49. The Morgan fingerprint density at radius 3 is 2.65 bits per heavy atom. The molecule has 0 spiro atoms. The Kier molecular flexibility index (Phi) is 4.42. The van der Waals surface area contributed by atoms with Gasteiger partial charge in [-0.3, -0.25) is 9.59 Å². The maximum atomic E-state index is 12.7. The van der Waals surface area contributed by atoms with Gasteiger partial charge in [-0.1, -0.05) is 6.08 Å². The van der Waals surface area contributed by atoms with Crippen LogP contribution in [0, 0.1) is 16.7 Å². The number of esters is 1. The average molecular weight is 371 g/mol. The van der Waals surface area contributed by atoms with Crippen molar-refractivity contribution in [3.05, 3.63) is 46.3 Å². The molecule has 2 aliphatic rings. The predicted octanol–water partition coefficient (Wildman–Crippen LogP) is 1.10. The first-order valence-electron chi connectivity index (χ1n) is 7.88. The zero-order chi connectivity index (χ0) is 19.1. The summed E-state index contributed by atoms with van der Waals surface area (Å²) < 4.78 is 4.73. The average Bonchev–Trinajstić information content (AvgIpc) is 3.24. The summed E-state index contributed by atoms with van der Waals surface area (Å²) in [7, 11) is 1.25. The van der Waals surface area contributed by atoms with Gasteiger partial charge in [0.1, 0.15) is 11.5 Å². The van der Waals surface area contributed by atoms with Crippen molar-refractivity contribution in [1.29, 1.82) is 5.26 Å². The monoisotopic (exact) mass is 371 g/mol. The van der Waals surface area contributed by atoms with Gasteiger partial charge in [0.15, 0.2) is 5.78 Å². The Hall–Kier alpha value is -2.92. The topological polar surface area (TPSA) is 113 Å². The summed E-state index contributed by atoms with van der Waals surface area (Å²) in [6.45, 7) is 1.34. The number of thiophene rings is 1. The Morgan fingerprint density at radius 1 is 1.42 bits per heavy atom. The number of fused-ring (bicyclic) bond motifs is 1. The molecule has 134 valence electrons. The molecule has 1 saturated heterocycles. The van der Waals surface area contributed by atoms with E-state index >= 15 is 0 Å². The molecular weight excluding hydrogens is 354 g/mol. The third kappa shape index (κ3) is 2.35. The molecule has 3 rings (SSSR count). The summed E-state index contributed by atoms with van der Waals surface area (Å²) in [4.78, 5) is 38.4. The first kappa shape index (κ1) is 17.9. The van der Waals surface area contributed by atoms with Crippen molar-refractivity contribution in [3.63, 3.8) is 0 Å². The largest absolute Gasteiger partial charge is 0.465 e. The van der Waals surface area contributed by atoms with E-state index in [4.69, 9.17) is 10.5 Å². The Morgan fingerprint density at radius 2 is 2.15 bits per heavy atom. The predicted molar refractivity (Wildman–Crippen MR) is 93.6 cm³/mol. The summed E-state index contributed by atoms with van der Waals surface area (Å²) in [6.07, 6.45) is 4.56. The van der Waals surface area contributed by atoms with Crippen molar-refractivity contribution in [1.82, 2.24) is 4.90 Å². The number of primary amides is 1. The lowest BCUT2D eigenvalue weighted by Crippen LogP contribution is -2.44. The second-order valence-electron chi connectivity index (χ2n) is 6.25. The lowest BCUT2D eigenvalue weighted by molar-refractivity contribution is -0.136. The minimum Gasteiger partial charge on any atom is -0.465 e. The standard InChI is InChI=1S/C18H17N3O4S/c1-10(22)18(9-19)13-4-3-11(17(24)25-2)7-21(13)15(16(20)23)14(18)12-5-6-26-8-12/h3-8,13-15H,1-2H3,(H2,20,23)/t13-,14+,15-,18-/m1/s1. The van der Waals surface area contributed by atoms with E-state index in [1.165, 1.54) is 37.6 Å². The minimum absolute atomic E-state index is 0.219. The van der Waals surface area contributed by atoms with E-state index in [9.17, 15) is 19.6 Å². The second kappa shape index (κ2) is 6.42. The Balaban J connectivity index is 2.24. The Bertz CT molecular complexity index is 867. The number of amides is 1. The molecule has 2 aliphatic heterocycles. The molecule has 1 aromatic heterocycles. The van der Waals surface area contributed by atoms with E-state index < -0.39 is 35.3 Å². The van der Waals surface area contributed by atoms with Crippen molar-refractivity contribution in [3.8, 4) is 6.07 Å². The smallest absolute Gasteiger partial charge is 0.339 e. The number of hydrogen-bond acceptors (Lipinski definition) is 7. The van der Waals surface area contributed by atoms with Crippen LogP contribution in [0.1, 0.15) is 18.4 Å². The first-order valence-corrected chi connectivity index (χ1v) is 8.82. The molecule has 1 aromatic rings. The molecule has 0 aromatic carbocycles. The van der Waals surface area contributed by atoms with Gasteiger partial charge in [0, 0.05) is 12.1 Å². The molecule has 0 unspecified atom stereocenters. The van der Waals surface area contributed by atoms with Crippen LogP contribution < -0.4 is 5.73 Å². The van der Waals surface area contributed by atoms with Gasteiger partial charge in [-0.15, -0.1) is 0 Å². The molecule has 26 heavy (non-hydrogen) atoms. The SMILES string of the molecule is COC(=O)C1=CN2[C@@H](C(N)=O)[C@H](c3ccsc3)[C@](C#N)(C(C)=O)[C@H]2C=C1. The van der Waals surface area contributed by atoms with E-state index in [2.05, 4.69) is 6.07 Å². The van der Waals surface area contributed by atoms with Crippen molar-refractivity contribution >= 4 is 29.0 Å². The summed E-state index contributed by atoms with van der Waals surface area (Å²) in [5, 5.41) is 13.6. The lowest BCUT2D eigenvalue weighted by atomic mass is 9.67. The molecule has 0 radical (unpaired) electrons. The summed E-state index contributed by atoms with van der Waals surface area (Å²) in [5.41, 5.74) is 5.09. The quantitative estimate of drug-likeness (QED) is 0.793. The van der Waals surface area contributed by atoms with E-state index in [0.717, 1.165) is 0 Å². The van der Waals surface area contributed by atoms with E-state index in [1.54, 1.807) is 17.0 Å². The number of nitrogens with zero attached hydrogens (tertiary/aromatic N) is 2. The number of hydrogen-bond donors (Lipinski definition) is 1. The maximum absolute atomic E-state index is 12.7. The highest BCUT2D eigenvalue weighted by Crippen LogP contribution is 2.53. The van der Waals surface area contributed by atoms with Gasteiger partial charge >= 0.3 is 5.97 Å². The van der Waals surface area contributed by atoms with Crippen LogP contribution in [0.3, 0.4) is 0 Å². The van der Waals surface area contributed by atoms with Crippen LogP contribution in [-0.2, 0) is 19.1 Å². The Labute approximate surface area is 154 Å². The van der Waals surface area contributed by atoms with Crippen LogP contribution in [0.25, 0.3) is 0 Å². The molecule has 0 bridgehead atoms. The van der Waals surface area contributed by atoms with Crippen LogP contribution in [0.2, 0.25) is 0 Å². The second-order valence-corrected chi connectivity index (χ2v) is 7.03. The van der Waals surface area contributed by atoms with Gasteiger partial charge in [0.05, 0.1) is 24.8 Å². The number of nitrogens with two attached hydrogens (primary N) is 1. The highest BCUT2D eigenvalue weighted by atomic mass is 32.1. The summed E-state index contributed by atoms with van der Waals surface area (Å²) >= 11 is 1.41. The molecule has 7 nitrogen and oxygen atoms in total. The van der Waals surface area contributed by atoms with Crippen molar-refractivity contribution in [2.45, 2.75) is 24.9 Å². The molecule has 2 N–H and O–H groups in total. The van der Waals surface area contributed by atoms with Gasteiger partial charge < -0.3 is 15.4 Å². The van der Waals surface area contributed by atoms with Crippen LogP contribution in [-0.4, -0.2) is 41.8 Å². The van der Waals surface area contributed by atoms with Crippen LogP contribution in [0.15, 0.2) is 40.8 Å². The molecule has 4 atom stereocenters. The number of nitriles is 1. The number of ether oxygens (including phenoxy) is 1. The van der Waals surface area contributed by atoms with Crippen molar-refractivity contribution in [2.75, 3.05) is 7.11 Å². The van der Waals surface area contributed by atoms with Gasteiger partial charge in [-0.25, -0.2) is 4.79 Å². The number of methoxy groups -OCH3 is 1. The van der Waals surface area contributed by atoms with Gasteiger partial charge in [-0.2, -0.15) is 16.6 Å². The molecule has 8 heteroatoms. The molecule has 1 fully saturated rings. The fourth-order valence-electron chi connectivity index (χ4n) is 3.91. The van der Waals surface area contributed by atoms with E-state index in [-0.39, 0.29) is 11.4 Å². The first-order chi connectivity index (χ1) is 12.4. The number of rotatable bonds is 4. The number of carbonyl (C=O) groups excluding carboxylic acids is 3. The van der Waals surface area contributed by atoms with Gasteiger partial charge in [0.25, 0.3) is 0 Å². The molecular formula is C18H17N3O4S. The third-order valence-corrected chi connectivity index (χ3v) is 5.75. The number of carbonyl (C=O) groups is 3. The fourth-order valence-corrected chi connectivity index (χ4v) is 4.61. The van der Waals surface area contributed by atoms with Crippen LogP contribution in [0.4, 0.5) is 0 Å². The normalized spacial score (nSPS) is 29.5. The fraction of sp³-hybridized carbons (Fsp3) is 0.333. The van der Waals surface area contributed by atoms with Crippen molar-refractivity contribution in [2.24, 2.45) is 11.1 Å². The van der Waals surface area contributed by atoms with E-state index in [1.807, 2.05) is 10.8 Å². The molecule has 1 amide bonds. The van der Waals surface area contributed by atoms with Crippen molar-refractivity contribution < 1.29 is 19.1 Å². The highest BCUT2D eigenvalue weighted by molar-refractivity contribution is 7.08. The van der Waals surface area contributed by atoms with Crippen LogP contribution >= 0.6 is 11.3 Å². The van der Waals surface area contributed by atoms with E-state index in [0.29, 0.717) is 5.56 Å². The maximum Gasteiger partial charge on any atom is 0.339 e. The van der Waals surface area contributed by atoms with Gasteiger partial charge in [0.2, 0.25) is 5.91 Å². The zero-order valence-electron chi connectivity index (χ0n) is 14.2. The molecule has 3 heterocycles. The molecule has 0 saturated carbocycles. The van der Waals surface area contributed by atoms with Crippen LogP contribution in [0.5, 0.6) is 0 Å². The number of Topliss-reactive ketones (excluding diaryl/α,β-unsaturated/α-hetero) is 1. The van der Waals surface area contributed by atoms with Gasteiger partial charge in [-0.05, 0) is 35.4 Å². The zero-order valence-corrected chi connectivity index (χ0v) is 15.0. The highest BCUT2D eigenvalue weighted by Gasteiger charge is 2.64. The summed E-state index contributed by atoms with van der Waals surface area (Å²) in [6, 6.07) is 2.30. The molecule has 0 aliphatic carbocycles.